The van der Waals surface area contributed by atoms with Crippen LogP contribution < -0.4 is 10.6 Å². The summed E-state index contributed by atoms with van der Waals surface area (Å²) in [5.74, 6) is -2.80. The Hall–Kier alpha value is -1.99. The SMILES string of the molecule is O=C(O)CC(NC(=O)Nc1cc(Cl)cc(Cl)c1)C(=O)O. The summed E-state index contributed by atoms with van der Waals surface area (Å²) >= 11 is 11.5. The van der Waals surface area contributed by atoms with Gasteiger partial charge in [-0.2, -0.15) is 0 Å². The van der Waals surface area contributed by atoms with E-state index < -0.39 is 30.4 Å². The van der Waals surface area contributed by atoms with Gasteiger partial charge in [0.05, 0.1) is 6.42 Å². The minimum Gasteiger partial charge on any atom is -0.481 e. The molecule has 0 radical (unpaired) electrons. The normalized spacial score (nSPS) is 11.5. The second kappa shape index (κ2) is 6.97. The number of amides is 2. The molecule has 1 aromatic carbocycles. The average molecular weight is 321 g/mol. The van der Waals surface area contributed by atoms with Gasteiger partial charge in [0.25, 0.3) is 0 Å². The van der Waals surface area contributed by atoms with Gasteiger partial charge in [-0.15, -0.1) is 0 Å². The fraction of sp³-hybridized carbons (Fsp3) is 0.182. The smallest absolute Gasteiger partial charge is 0.326 e. The molecule has 0 fully saturated rings. The predicted molar refractivity (Wildman–Crippen MR) is 72.3 cm³/mol. The highest BCUT2D eigenvalue weighted by molar-refractivity contribution is 6.35. The van der Waals surface area contributed by atoms with Crippen LogP contribution in [0.1, 0.15) is 6.42 Å². The van der Waals surface area contributed by atoms with Gasteiger partial charge in [-0.05, 0) is 18.2 Å². The van der Waals surface area contributed by atoms with Gasteiger partial charge in [-0.1, -0.05) is 23.2 Å². The van der Waals surface area contributed by atoms with Crippen LogP contribution in [0.15, 0.2) is 18.2 Å². The molecule has 0 bridgehead atoms. The Morgan fingerprint density at radius 3 is 2.10 bits per heavy atom. The van der Waals surface area contributed by atoms with Crippen molar-refractivity contribution in [2.75, 3.05) is 5.32 Å². The molecule has 0 aliphatic rings. The Labute approximate surface area is 123 Å². The highest BCUT2D eigenvalue weighted by Gasteiger charge is 2.23. The van der Waals surface area contributed by atoms with Gasteiger partial charge in [-0.25, -0.2) is 9.59 Å². The predicted octanol–water partition coefficient (Wildman–Crippen LogP) is 2.04. The number of carboxylic acid groups (broad SMARTS) is 2. The van der Waals surface area contributed by atoms with Crippen LogP contribution in [0.4, 0.5) is 10.5 Å². The molecular weight excluding hydrogens is 311 g/mol. The fourth-order valence-electron chi connectivity index (χ4n) is 1.33. The van der Waals surface area contributed by atoms with E-state index in [0.29, 0.717) is 0 Å². The summed E-state index contributed by atoms with van der Waals surface area (Å²) in [6, 6.07) is 1.84. The molecule has 0 saturated carbocycles. The lowest BCUT2D eigenvalue weighted by molar-refractivity contribution is -0.145. The van der Waals surface area contributed by atoms with Crippen molar-refractivity contribution in [3.63, 3.8) is 0 Å². The molecule has 1 atom stereocenters. The van der Waals surface area contributed by atoms with Crippen LogP contribution in [0.25, 0.3) is 0 Å². The quantitative estimate of drug-likeness (QED) is 0.662. The van der Waals surface area contributed by atoms with Gasteiger partial charge in [0.2, 0.25) is 0 Å². The van der Waals surface area contributed by atoms with Crippen molar-refractivity contribution < 1.29 is 24.6 Å². The van der Waals surface area contributed by atoms with Crippen LogP contribution in [0.5, 0.6) is 0 Å². The number of aliphatic carboxylic acids is 2. The van der Waals surface area contributed by atoms with Crippen LogP contribution in [-0.2, 0) is 9.59 Å². The maximum Gasteiger partial charge on any atom is 0.326 e. The van der Waals surface area contributed by atoms with Crippen molar-refractivity contribution in [2.24, 2.45) is 0 Å². The number of halogens is 2. The number of urea groups is 1. The number of hydrogen-bond donors (Lipinski definition) is 4. The molecule has 20 heavy (non-hydrogen) atoms. The lowest BCUT2D eigenvalue weighted by Gasteiger charge is -2.13. The number of carbonyl (C=O) groups is 3. The molecule has 4 N–H and O–H groups in total. The molecule has 0 heterocycles. The zero-order valence-corrected chi connectivity index (χ0v) is 11.4. The van der Waals surface area contributed by atoms with Crippen molar-refractivity contribution in [3.05, 3.63) is 28.2 Å². The van der Waals surface area contributed by atoms with Crippen LogP contribution >= 0.6 is 23.2 Å². The zero-order valence-electron chi connectivity index (χ0n) is 9.89. The maximum absolute atomic E-state index is 11.6. The summed E-state index contributed by atoms with van der Waals surface area (Å²) in [5.41, 5.74) is 0.250. The number of hydrogen-bond acceptors (Lipinski definition) is 3. The fourth-order valence-corrected chi connectivity index (χ4v) is 1.85. The second-order valence-electron chi connectivity index (χ2n) is 3.75. The molecule has 2 amide bonds. The second-order valence-corrected chi connectivity index (χ2v) is 4.62. The van der Waals surface area contributed by atoms with E-state index in [4.69, 9.17) is 33.4 Å². The van der Waals surface area contributed by atoms with E-state index in [0.717, 1.165) is 0 Å². The summed E-state index contributed by atoms with van der Waals surface area (Å²) in [5, 5.41) is 22.2. The van der Waals surface area contributed by atoms with Gasteiger partial charge in [-0.3, -0.25) is 4.79 Å². The Kier molecular flexibility index (Phi) is 5.60. The summed E-state index contributed by atoms with van der Waals surface area (Å²) in [4.78, 5) is 32.8. The van der Waals surface area contributed by atoms with Crippen molar-refractivity contribution in [2.45, 2.75) is 12.5 Å². The number of carbonyl (C=O) groups excluding carboxylic acids is 1. The molecule has 0 saturated heterocycles. The molecule has 1 aromatic rings. The van der Waals surface area contributed by atoms with E-state index in [1.807, 2.05) is 5.32 Å². The monoisotopic (exact) mass is 320 g/mol. The Balaban J connectivity index is 2.70. The van der Waals surface area contributed by atoms with Crippen LogP contribution in [0, 0.1) is 0 Å². The van der Waals surface area contributed by atoms with Crippen LogP contribution in [-0.4, -0.2) is 34.2 Å². The van der Waals surface area contributed by atoms with E-state index in [1.165, 1.54) is 18.2 Å². The first kappa shape index (κ1) is 16.1. The molecular formula is C11H10Cl2N2O5. The third-order valence-electron chi connectivity index (χ3n) is 2.10. The molecule has 0 spiro atoms. The molecule has 1 rings (SSSR count). The van der Waals surface area contributed by atoms with Crippen LogP contribution in [0.3, 0.4) is 0 Å². The number of anilines is 1. The van der Waals surface area contributed by atoms with Crippen LogP contribution in [0.2, 0.25) is 10.0 Å². The van der Waals surface area contributed by atoms with Crippen molar-refractivity contribution in [1.29, 1.82) is 0 Å². The highest BCUT2D eigenvalue weighted by atomic mass is 35.5. The van der Waals surface area contributed by atoms with Gasteiger partial charge < -0.3 is 20.8 Å². The number of rotatable bonds is 5. The Bertz CT molecular complexity index is 529. The van der Waals surface area contributed by atoms with Gasteiger partial charge in [0.15, 0.2) is 0 Å². The molecule has 0 aliphatic carbocycles. The Morgan fingerprint density at radius 2 is 1.65 bits per heavy atom. The molecule has 7 nitrogen and oxygen atoms in total. The summed E-state index contributed by atoms with van der Waals surface area (Å²) in [6.45, 7) is 0. The van der Waals surface area contributed by atoms with E-state index in [-0.39, 0.29) is 15.7 Å². The third-order valence-corrected chi connectivity index (χ3v) is 2.54. The van der Waals surface area contributed by atoms with E-state index in [2.05, 4.69) is 5.32 Å². The average Bonchev–Trinajstić information content (AvgIpc) is 2.25. The van der Waals surface area contributed by atoms with Gasteiger partial charge in [0, 0.05) is 15.7 Å². The first-order valence-corrected chi connectivity index (χ1v) is 6.01. The molecule has 9 heteroatoms. The third kappa shape index (κ3) is 5.33. The van der Waals surface area contributed by atoms with E-state index >= 15 is 0 Å². The molecule has 108 valence electrons. The summed E-state index contributed by atoms with van der Waals surface area (Å²) in [6.07, 6.45) is -0.737. The molecule has 0 aliphatic heterocycles. The Morgan fingerprint density at radius 1 is 1.10 bits per heavy atom. The van der Waals surface area contributed by atoms with Gasteiger partial charge in [0.1, 0.15) is 6.04 Å². The van der Waals surface area contributed by atoms with Gasteiger partial charge >= 0.3 is 18.0 Å². The first-order chi connectivity index (χ1) is 9.27. The zero-order chi connectivity index (χ0) is 15.3. The number of carboxylic acids is 2. The van der Waals surface area contributed by atoms with Crippen molar-refractivity contribution in [1.82, 2.24) is 5.32 Å². The number of benzene rings is 1. The van der Waals surface area contributed by atoms with Crippen molar-refractivity contribution >= 4 is 46.9 Å². The lowest BCUT2D eigenvalue weighted by Crippen LogP contribution is -2.44. The summed E-state index contributed by atoms with van der Waals surface area (Å²) in [7, 11) is 0. The summed E-state index contributed by atoms with van der Waals surface area (Å²) < 4.78 is 0. The van der Waals surface area contributed by atoms with E-state index in [1.54, 1.807) is 0 Å². The minimum atomic E-state index is -1.54. The standard InChI is InChI=1S/C11H10Cl2N2O5/c12-5-1-6(13)3-7(2-5)14-11(20)15-8(10(18)19)4-9(16)17/h1-3,8H,4H2,(H,16,17)(H,18,19)(H2,14,15,20). The first-order valence-electron chi connectivity index (χ1n) is 5.26. The lowest BCUT2D eigenvalue weighted by atomic mass is 10.2. The van der Waals surface area contributed by atoms with E-state index in [9.17, 15) is 14.4 Å². The largest absolute Gasteiger partial charge is 0.481 e. The molecule has 0 aromatic heterocycles. The van der Waals surface area contributed by atoms with Crippen molar-refractivity contribution in [3.8, 4) is 0 Å². The molecule has 1 unspecified atom stereocenters. The maximum atomic E-state index is 11.6. The number of nitrogens with one attached hydrogen (secondary N) is 2. The highest BCUT2D eigenvalue weighted by Crippen LogP contribution is 2.22. The topological polar surface area (TPSA) is 116 Å². The minimum absolute atomic E-state index is 0.250.